The number of benzene rings is 1. The van der Waals surface area contributed by atoms with Crippen molar-refractivity contribution in [1.29, 1.82) is 5.26 Å². The molecule has 1 N–H and O–H groups in total. The first-order valence-electron chi connectivity index (χ1n) is 5.20. The van der Waals surface area contributed by atoms with Crippen LogP contribution in [0.3, 0.4) is 0 Å². The maximum absolute atomic E-state index is 11.8. The number of hydrogen-bond donors (Lipinski definition) is 1. The van der Waals surface area contributed by atoms with Crippen LogP contribution in [-0.2, 0) is 6.54 Å². The van der Waals surface area contributed by atoms with Crippen LogP contribution < -0.4 is 5.32 Å². The molecule has 5 heteroatoms. The van der Waals surface area contributed by atoms with Crippen LogP contribution in [0.4, 0.5) is 0 Å². The molecule has 18 heavy (non-hydrogen) atoms. The Bertz CT molecular complexity index is 598. The number of nitriles is 1. The summed E-state index contributed by atoms with van der Waals surface area (Å²) in [6, 6.07) is 11.1. The Balaban J connectivity index is 1.95. The quantitative estimate of drug-likeness (QED) is 0.847. The van der Waals surface area contributed by atoms with Crippen molar-refractivity contribution < 1.29 is 4.79 Å². The molecule has 1 aromatic carbocycles. The third-order valence-electron chi connectivity index (χ3n) is 2.37. The Morgan fingerprint density at radius 1 is 1.39 bits per heavy atom. The molecule has 0 fully saturated rings. The van der Waals surface area contributed by atoms with Crippen LogP contribution in [0.2, 0.25) is 0 Å². The molecule has 2 aromatic rings. The summed E-state index contributed by atoms with van der Waals surface area (Å²) in [6.07, 6.45) is 0. The fourth-order valence-corrected chi connectivity index (χ4v) is 2.74. The predicted molar refractivity (Wildman–Crippen MR) is 79.4 cm³/mol. The first kappa shape index (κ1) is 13.1. The van der Waals surface area contributed by atoms with Gasteiger partial charge in [-0.05, 0) is 46.4 Å². The average molecular weight is 368 g/mol. The van der Waals surface area contributed by atoms with Crippen molar-refractivity contribution in [3.63, 3.8) is 0 Å². The minimum atomic E-state index is -0.0708. The highest BCUT2D eigenvalue weighted by Crippen LogP contribution is 2.16. The fourth-order valence-electron chi connectivity index (χ4n) is 1.41. The molecular weight excluding hydrogens is 359 g/mol. The summed E-state index contributed by atoms with van der Waals surface area (Å²) in [5.41, 5.74) is 2.29. The number of hydrogen-bond acceptors (Lipinski definition) is 3. The van der Waals surface area contributed by atoms with Gasteiger partial charge in [0.2, 0.25) is 0 Å². The van der Waals surface area contributed by atoms with Gasteiger partial charge in [0.25, 0.3) is 5.91 Å². The van der Waals surface area contributed by atoms with E-state index in [1.54, 1.807) is 23.5 Å². The van der Waals surface area contributed by atoms with E-state index in [-0.39, 0.29) is 5.91 Å². The Hall–Kier alpha value is -1.39. The molecule has 2 rings (SSSR count). The van der Waals surface area contributed by atoms with Gasteiger partial charge in [0.15, 0.2) is 0 Å². The molecule has 0 saturated heterocycles. The number of amides is 1. The molecule has 0 aliphatic carbocycles. The molecule has 1 amide bonds. The minimum absolute atomic E-state index is 0.0708. The number of rotatable bonds is 3. The lowest BCUT2D eigenvalue weighted by Crippen LogP contribution is -2.22. The van der Waals surface area contributed by atoms with Crippen LogP contribution in [0, 0.1) is 14.2 Å². The van der Waals surface area contributed by atoms with Crippen LogP contribution in [0.15, 0.2) is 35.7 Å². The van der Waals surface area contributed by atoms with Gasteiger partial charge in [-0.1, -0.05) is 12.1 Å². The van der Waals surface area contributed by atoms with Gasteiger partial charge in [-0.25, -0.2) is 0 Å². The number of nitrogens with zero attached hydrogens (tertiary/aromatic N) is 1. The van der Waals surface area contributed by atoms with Crippen molar-refractivity contribution in [1.82, 2.24) is 5.32 Å². The zero-order chi connectivity index (χ0) is 13.0. The largest absolute Gasteiger partial charge is 0.348 e. The molecule has 0 aliphatic rings. The monoisotopic (exact) mass is 368 g/mol. The van der Waals surface area contributed by atoms with E-state index < -0.39 is 0 Å². The molecule has 0 bridgehead atoms. The lowest BCUT2D eigenvalue weighted by molar-refractivity contribution is 0.0951. The second-order valence-electron chi connectivity index (χ2n) is 3.63. The Morgan fingerprint density at radius 3 is 2.67 bits per heavy atom. The van der Waals surface area contributed by atoms with E-state index in [4.69, 9.17) is 5.26 Å². The van der Waals surface area contributed by atoms with Crippen LogP contribution in [-0.4, -0.2) is 5.91 Å². The van der Waals surface area contributed by atoms with Crippen molar-refractivity contribution in [2.45, 2.75) is 6.54 Å². The van der Waals surface area contributed by atoms with E-state index in [0.717, 1.165) is 8.45 Å². The fraction of sp³-hybridized carbons (Fsp3) is 0.0769. The average Bonchev–Trinajstić information content (AvgIpc) is 2.83. The van der Waals surface area contributed by atoms with Gasteiger partial charge in [0.1, 0.15) is 0 Å². The van der Waals surface area contributed by atoms with E-state index in [0.29, 0.717) is 17.7 Å². The molecule has 0 spiro atoms. The Morgan fingerprint density at radius 2 is 2.11 bits per heavy atom. The number of thiophene rings is 1. The van der Waals surface area contributed by atoms with Gasteiger partial charge in [0, 0.05) is 11.9 Å². The third kappa shape index (κ3) is 3.31. The Labute approximate surface area is 123 Å². The van der Waals surface area contributed by atoms with Crippen molar-refractivity contribution in [3.8, 4) is 6.07 Å². The highest BCUT2D eigenvalue weighted by atomic mass is 127. The zero-order valence-corrected chi connectivity index (χ0v) is 12.3. The summed E-state index contributed by atoms with van der Waals surface area (Å²) in [4.78, 5) is 11.8. The molecule has 0 unspecified atom stereocenters. The third-order valence-corrected chi connectivity index (χ3v) is 4.15. The van der Waals surface area contributed by atoms with Gasteiger partial charge in [-0.15, -0.1) is 11.3 Å². The van der Waals surface area contributed by atoms with Gasteiger partial charge in [-0.2, -0.15) is 5.26 Å². The topological polar surface area (TPSA) is 52.9 Å². The first-order chi connectivity index (χ1) is 8.69. The van der Waals surface area contributed by atoms with E-state index >= 15 is 0 Å². The summed E-state index contributed by atoms with van der Waals surface area (Å²) >= 11 is 3.74. The van der Waals surface area contributed by atoms with Crippen molar-refractivity contribution in [2.75, 3.05) is 0 Å². The molecule has 1 aromatic heterocycles. The summed E-state index contributed by atoms with van der Waals surface area (Å²) in [6.45, 7) is 0.469. The predicted octanol–water partition coefficient (Wildman–Crippen LogP) is 3.15. The van der Waals surface area contributed by atoms with E-state index in [1.165, 1.54) is 0 Å². The summed E-state index contributed by atoms with van der Waals surface area (Å²) in [7, 11) is 0. The second-order valence-corrected chi connectivity index (χ2v) is 6.44. The molecular formula is C13H9IN2OS. The number of carbonyl (C=O) groups excluding carboxylic acids is 1. The highest BCUT2D eigenvalue weighted by Gasteiger charge is 2.07. The molecule has 3 nitrogen and oxygen atoms in total. The number of nitrogens with one attached hydrogen (secondary N) is 1. The van der Waals surface area contributed by atoms with Crippen molar-refractivity contribution in [2.24, 2.45) is 0 Å². The summed E-state index contributed by atoms with van der Waals surface area (Å²) in [5, 5.41) is 13.4. The first-order valence-corrected chi connectivity index (χ1v) is 7.16. The lowest BCUT2D eigenvalue weighted by Gasteiger charge is -2.03. The molecule has 1 heterocycles. The van der Waals surface area contributed by atoms with E-state index in [9.17, 15) is 4.79 Å². The Kier molecular flexibility index (Phi) is 4.33. The summed E-state index contributed by atoms with van der Waals surface area (Å²) < 4.78 is 1.09. The normalized spacial score (nSPS) is 9.78. The molecule has 0 saturated carbocycles. The van der Waals surface area contributed by atoms with E-state index in [1.807, 2.05) is 23.6 Å². The smallest absolute Gasteiger partial charge is 0.252 e. The molecule has 0 radical (unpaired) electrons. The van der Waals surface area contributed by atoms with Crippen LogP contribution >= 0.6 is 33.9 Å². The molecule has 90 valence electrons. The van der Waals surface area contributed by atoms with Crippen LogP contribution in [0.25, 0.3) is 0 Å². The standard InChI is InChI=1S/C13H9IN2OS/c14-12-5-11(8-18-12)13(17)16-7-10-3-1-9(6-15)2-4-10/h1-5,8H,7H2,(H,16,17). The zero-order valence-electron chi connectivity index (χ0n) is 9.31. The van der Waals surface area contributed by atoms with Gasteiger partial charge < -0.3 is 5.32 Å². The van der Waals surface area contributed by atoms with Crippen LogP contribution in [0.5, 0.6) is 0 Å². The van der Waals surface area contributed by atoms with E-state index in [2.05, 4.69) is 34.0 Å². The van der Waals surface area contributed by atoms with Crippen molar-refractivity contribution in [3.05, 3.63) is 55.3 Å². The minimum Gasteiger partial charge on any atom is -0.348 e. The molecule has 0 aliphatic heterocycles. The highest BCUT2D eigenvalue weighted by molar-refractivity contribution is 14.1. The summed E-state index contributed by atoms with van der Waals surface area (Å²) in [5.74, 6) is -0.0708. The van der Waals surface area contributed by atoms with Gasteiger partial charge in [0.05, 0.1) is 20.1 Å². The van der Waals surface area contributed by atoms with Crippen LogP contribution in [0.1, 0.15) is 21.5 Å². The van der Waals surface area contributed by atoms with Gasteiger partial charge >= 0.3 is 0 Å². The second kappa shape index (κ2) is 5.98. The van der Waals surface area contributed by atoms with Gasteiger partial charge in [-0.3, -0.25) is 4.79 Å². The number of halogens is 1. The molecule has 0 atom stereocenters. The lowest BCUT2D eigenvalue weighted by atomic mass is 10.1. The maximum Gasteiger partial charge on any atom is 0.252 e. The SMILES string of the molecule is N#Cc1ccc(CNC(=O)c2csc(I)c2)cc1. The number of carbonyl (C=O) groups is 1. The van der Waals surface area contributed by atoms with Crippen molar-refractivity contribution >= 4 is 39.8 Å². The maximum atomic E-state index is 11.8.